The van der Waals surface area contributed by atoms with Crippen molar-refractivity contribution in [1.82, 2.24) is 0 Å². The van der Waals surface area contributed by atoms with Gasteiger partial charge in [-0.1, -0.05) is 25.8 Å². The molecule has 0 bridgehead atoms. The number of hydrogen-bond donors (Lipinski definition) is 0. The summed E-state index contributed by atoms with van der Waals surface area (Å²) in [5, 5.41) is 0. The topological polar surface area (TPSA) is 17.1 Å². The highest BCUT2D eigenvalue weighted by Gasteiger charge is 2.40. The van der Waals surface area contributed by atoms with Crippen molar-refractivity contribution >= 4 is 5.78 Å². The Morgan fingerprint density at radius 2 is 2.33 bits per heavy atom. The van der Waals surface area contributed by atoms with E-state index in [-0.39, 0.29) is 5.41 Å². The summed E-state index contributed by atoms with van der Waals surface area (Å²) in [4.78, 5) is 11.3. The number of allylic oxidation sites excluding steroid dienone is 2. The quantitative estimate of drug-likeness (QED) is 0.538. The Hall–Kier alpha value is -0.590. The van der Waals surface area contributed by atoms with Crippen molar-refractivity contribution < 1.29 is 4.79 Å². The van der Waals surface area contributed by atoms with Crippen LogP contribution in [-0.2, 0) is 4.79 Å². The van der Waals surface area contributed by atoms with E-state index in [1.54, 1.807) is 0 Å². The van der Waals surface area contributed by atoms with Gasteiger partial charge >= 0.3 is 0 Å². The lowest BCUT2D eigenvalue weighted by Crippen LogP contribution is -2.25. The van der Waals surface area contributed by atoms with Crippen LogP contribution in [0.1, 0.15) is 39.5 Å². The summed E-state index contributed by atoms with van der Waals surface area (Å²) >= 11 is 0. The number of carbonyl (C=O) groups excluding carboxylic acids is 1. The average molecular weight is 164 g/mol. The molecular weight excluding hydrogens is 148 g/mol. The second kappa shape index (κ2) is 2.45. The Labute approximate surface area is 73.8 Å². The van der Waals surface area contributed by atoms with Crippen LogP contribution in [0.15, 0.2) is 11.6 Å². The molecule has 1 fully saturated rings. The SMILES string of the molecule is C[C@@H]1CCC[C@]2(C)CC(=O)C=C12. The molecule has 66 valence electrons. The fraction of sp³-hybridized carbons (Fsp3) is 0.727. The van der Waals surface area contributed by atoms with Gasteiger partial charge in [-0.3, -0.25) is 4.79 Å². The molecule has 0 radical (unpaired) electrons. The van der Waals surface area contributed by atoms with Gasteiger partial charge in [-0.2, -0.15) is 0 Å². The summed E-state index contributed by atoms with van der Waals surface area (Å²) in [7, 11) is 0. The normalized spacial score (nSPS) is 41.0. The number of rotatable bonds is 0. The Balaban J connectivity index is 2.34. The summed E-state index contributed by atoms with van der Waals surface area (Å²) in [5.41, 5.74) is 1.67. The van der Waals surface area contributed by atoms with E-state index in [4.69, 9.17) is 0 Å². The standard InChI is InChI=1S/C11H16O/c1-8-4-3-5-11(2)7-9(12)6-10(8)11/h6,8H,3-5,7H2,1-2H3/t8-,11-/m1/s1. The Kier molecular flexibility index (Phi) is 1.64. The van der Waals surface area contributed by atoms with E-state index in [1.165, 1.54) is 24.8 Å². The molecule has 2 rings (SSSR count). The molecule has 1 heteroatoms. The molecule has 2 atom stereocenters. The van der Waals surface area contributed by atoms with E-state index in [9.17, 15) is 4.79 Å². The van der Waals surface area contributed by atoms with Gasteiger partial charge in [0.25, 0.3) is 0 Å². The first-order valence-electron chi connectivity index (χ1n) is 4.87. The third kappa shape index (κ3) is 1.03. The molecule has 2 aliphatic rings. The summed E-state index contributed by atoms with van der Waals surface area (Å²) in [6, 6.07) is 0. The van der Waals surface area contributed by atoms with E-state index in [0.29, 0.717) is 11.7 Å². The molecule has 0 aromatic heterocycles. The Morgan fingerprint density at radius 3 is 3.00 bits per heavy atom. The predicted octanol–water partition coefficient (Wildman–Crippen LogP) is 2.71. The number of hydrogen-bond acceptors (Lipinski definition) is 1. The van der Waals surface area contributed by atoms with E-state index < -0.39 is 0 Å². The summed E-state index contributed by atoms with van der Waals surface area (Å²) in [6.45, 7) is 4.50. The summed E-state index contributed by atoms with van der Waals surface area (Å²) in [6.07, 6.45) is 6.46. The second-order valence-electron chi connectivity index (χ2n) is 4.60. The summed E-state index contributed by atoms with van der Waals surface area (Å²) < 4.78 is 0. The molecule has 0 spiro atoms. The third-order valence-electron chi connectivity index (χ3n) is 3.47. The molecule has 0 aromatic rings. The average Bonchev–Trinajstić information content (AvgIpc) is 2.26. The van der Waals surface area contributed by atoms with Gasteiger partial charge in [-0.25, -0.2) is 0 Å². The highest BCUT2D eigenvalue weighted by atomic mass is 16.1. The van der Waals surface area contributed by atoms with Crippen molar-refractivity contribution in [2.24, 2.45) is 11.3 Å². The zero-order valence-electron chi connectivity index (χ0n) is 7.89. The van der Waals surface area contributed by atoms with Crippen LogP contribution in [0.25, 0.3) is 0 Å². The Morgan fingerprint density at radius 1 is 1.58 bits per heavy atom. The van der Waals surface area contributed by atoms with Crippen LogP contribution in [0.5, 0.6) is 0 Å². The first kappa shape index (κ1) is 8.03. The first-order valence-corrected chi connectivity index (χ1v) is 4.87. The van der Waals surface area contributed by atoms with E-state index in [2.05, 4.69) is 13.8 Å². The highest BCUT2D eigenvalue weighted by Crippen LogP contribution is 2.49. The number of carbonyl (C=O) groups is 1. The van der Waals surface area contributed by atoms with Crippen LogP contribution in [0, 0.1) is 11.3 Å². The minimum absolute atomic E-state index is 0.245. The van der Waals surface area contributed by atoms with Crippen LogP contribution < -0.4 is 0 Å². The van der Waals surface area contributed by atoms with Gasteiger partial charge in [0.05, 0.1) is 0 Å². The van der Waals surface area contributed by atoms with Crippen molar-refractivity contribution in [3.05, 3.63) is 11.6 Å². The van der Waals surface area contributed by atoms with Gasteiger partial charge in [0.2, 0.25) is 0 Å². The third-order valence-corrected chi connectivity index (χ3v) is 3.47. The van der Waals surface area contributed by atoms with Gasteiger partial charge in [-0.05, 0) is 30.3 Å². The predicted molar refractivity (Wildman–Crippen MR) is 48.8 cm³/mol. The molecule has 0 aromatic carbocycles. The fourth-order valence-corrected chi connectivity index (χ4v) is 2.81. The molecule has 2 aliphatic carbocycles. The second-order valence-corrected chi connectivity index (χ2v) is 4.60. The van der Waals surface area contributed by atoms with Crippen LogP contribution in [0.2, 0.25) is 0 Å². The van der Waals surface area contributed by atoms with Gasteiger partial charge in [0.15, 0.2) is 5.78 Å². The van der Waals surface area contributed by atoms with Crippen molar-refractivity contribution in [3.8, 4) is 0 Å². The lowest BCUT2D eigenvalue weighted by atomic mass is 9.69. The maximum absolute atomic E-state index is 11.3. The molecule has 12 heavy (non-hydrogen) atoms. The lowest BCUT2D eigenvalue weighted by molar-refractivity contribution is -0.115. The minimum Gasteiger partial charge on any atom is -0.295 e. The maximum atomic E-state index is 11.3. The van der Waals surface area contributed by atoms with Crippen LogP contribution in [-0.4, -0.2) is 5.78 Å². The molecule has 1 nitrogen and oxygen atoms in total. The van der Waals surface area contributed by atoms with Crippen molar-refractivity contribution in [2.75, 3.05) is 0 Å². The van der Waals surface area contributed by atoms with Gasteiger partial charge in [0.1, 0.15) is 0 Å². The first-order chi connectivity index (χ1) is 5.62. The van der Waals surface area contributed by atoms with Crippen LogP contribution >= 0.6 is 0 Å². The molecule has 0 heterocycles. The Bertz CT molecular complexity index is 252. The molecule has 1 saturated carbocycles. The van der Waals surface area contributed by atoms with Crippen molar-refractivity contribution in [3.63, 3.8) is 0 Å². The van der Waals surface area contributed by atoms with Gasteiger partial charge in [0, 0.05) is 6.42 Å². The molecule has 0 aliphatic heterocycles. The molecule has 0 saturated heterocycles. The van der Waals surface area contributed by atoms with Gasteiger partial charge < -0.3 is 0 Å². The van der Waals surface area contributed by atoms with Crippen LogP contribution in [0.3, 0.4) is 0 Å². The van der Waals surface area contributed by atoms with Gasteiger partial charge in [-0.15, -0.1) is 0 Å². The molecule has 0 amide bonds. The maximum Gasteiger partial charge on any atom is 0.156 e. The molecular formula is C11H16O. The van der Waals surface area contributed by atoms with Crippen molar-refractivity contribution in [1.29, 1.82) is 0 Å². The highest BCUT2D eigenvalue weighted by molar-refractivity contribution is 5.94. The fourth-order valence-electron chi connectivity index (χ4n) is 2.81. The number of fused-ring (bicyclic) bond motifs is 1. The zero-order valence-corrected chi connectivity index (χ0v) is 7.89. The zero-order chi connectivity index (χ0) is 8.77. The number of ketones is 1. The van der Waals surface area contributed by atoms with Crippen molar-refractivity contribution in [2.45, 2.75) is 39.5 Å². The van der Waals surface area contributed by atoms with E-state index in [0.717, 1.165) is 6.42 Å². The monoisotopic (exact) mass is 164 g/mol. The van der Waals surface area contributed by atoms with Crippen LogP contribution in [0.4, 0.5) is 0 Å². The smallest absolute Gasteiger partial charge is 0.156 e. The molecule has 0 unspecified atom stereocenters. The largest absolute Gasteiger partial charge is 0.295 e. The lowest BCUT2D eigenvalue weighted by Gasteiger charge is -2.36. The van der Waals surface area contributed by atoms with E-state index in [1.807, 2.05) is 6.08 Å². The summed E-state index contributed by atoms with van der Waals surface area (Å²) in [5.74, 6) is 0.997. The minimum atomic E-state index is 0.245. The van der Waals surface area contributed by atoms with E-state index >= 15 is 0 Å². The molecule has 0 N–H and O–H groups in total.